The summed E-state index contributed by atoms with van der Waals surface area (Å²) in [5.74, 6) is 2.11. The van der Waals surface area contributed by atoms with E-state index in [4.69, 9.17) is 14.2 Å². The zero-order chi connectivity index (χ0) is 20.3. The number of nitrogens with one attached hydrogen (secondary N) is 1. The van der Waals surface area contributed by atoms with Crippen LogP contribution in [0.3, 0.4) is 0 Å². The predicted molar refractivity (Wildman–Crippen MR) is 110 cm³/mol. The van der Waals surface area contributed by atoms with Gasteiger partial charge in [0.1, 0.15) is 24.2 Å². The largest absolute Gasteiger partial charge is 0.493 e. The van der Waals surface area contributed by atoms with Gasteiger partial charge in [-0.3, -0.25) is 0 Å². The van der Waals surface area contributed by atoms with Crippen LogP contribution in [0.5, 0.6) is 11.5 Å². The molecule has 1 aromatic carbocycles. The Labute approximate surface area is 164 Å². The van der Waals surface area contributed by atoms with Crippen LogP contribution in [-0.4, -0.2) is 30.9 Å². The zero-order valence-electron chi connectivity index (χ0n) is 17.8. The van der Waals surface area contributed by atoms with E-state index in [-0.39, 0.29) is 18.2 Å². The van der Waals surface area contributed by atoms with Crippen molar-refractivity contribution in [3.63, 3.8) is 0 Å². The number of amides is 1. The molecule has 0 heterocycles. The summed E-state index contributed by atoms with van der Waals surface area (Å²) in [4.78, 5) is 11.7. The van der Waals surface area contributed by atoms with Crippen LogP contribution in [0.1, 0.15) is 67.2 Å². The first-order valence-corrected chi connectivity index (χ1v) is 10.1. The standard InChI is InChI=1S/C22H37NO4/c1-7-10-18(11-8-2)16-25-19-12-9-13-20(14-19)27-17(3)15-26-21(24)23-22(4,5)6/h9,12-14,17-18H,7-8,10-11,15-16H2,1-6H3,(H,23,24)/t17-/m0/s1. The van der Waals surface area contributed by atoms with Crippen molar-refractivity contribution in [2.75, 3.05) is 13.2 Å². The number of hydrogen-bond donors (Lipinski definition) is 1. The molecule has 5 nitrogen and oxygen atoms in total. The van der Waals surface area contributed by atoms with Gasteiger partial charge < -0.3 is 19.5 Å². The number of carbonyl (C=O) groups is 1. The summed E-state index contributed by atoms with van der Waals surface area (Å²) >= 11 is 0. The highest BCUT2D eigenvalue weighted by Crippen LogP contribution is 2.22. The molecule has 0 saturated heterocycles. The molecule has 27 heavy (non-hydrogen) atoms. The molecule has 1 atom stereocenters. The van der Waals surface area contributed by atoms with Gasteiger partial charge in [0.05, 0.1) is 6.61 Å². The average molecular weight is 380 g/mol. The Bertz CT molecular complexity index is 547. The minimum absolute atomic E-state index is 0.183. The molecular weight excluding hydrogens is 342 g/mol. The first kappa shape index (κ1) is 23.1. The summed E-state index contributed by atoms with van der Waals surface area (Å²) in [5, 5.41) is 2.76. The molecule has 5 heteroatoms. The molecule has 0 bridgehead atoms. The molecule has 154 valence electrons. The van der Waals surface area contributed by atoms with E-state index in [2.05, 4.69) is 19.2 Å². The topological polar surface area (TPSA) is 56.8 Å². The van der Waals surface area contributed by atoms with Crippen LogP contribution in [0.25, 0.3) is 0 Å². The summed E-state index contributed by atoms with van der Waals surface area (Å²) in [7, 11) is 0. The van der Waals surface area contributed by atoms with Gasteiger partial charge >= 0.3 is 6.09 Å². The Kier molecular flexibility index (Phi) is 10.0. The molecular formula is C22H37NO4. The number of rotatable bonds is 11. The molecule has 0 spiro atoms. The predicted octanol–water partition coefficient (Wildman–Crippen LogP) is 5.57. The van der Waals surface area contributed by atoms with Gasteiger partial charge in [0.2, 0.25) is 0 Å². The molecule has 0 aliphatic heterocycles. The Balaban J connectivity index is 2.47. The van der Waals surface area contributed by atoms with Crippen molar-refractivity contribution >= 4 is 6.09 Å². The third-order valence-electron chi connectivity index (χ3n) is 3.95. The average Bonchev–Trinajstić information content (AvgIpc) is 2.57. The van der Waals surface area contributed by atoms with E-state index in [1.807, 2.05) is 52.0 Å². The second-order valence-electron chi connectivity index (χ2n) is 8.13. The van der Waals surface area contributed by atoms with E-state index in [1.54, 1.807) is 0 Å². The fraction of sp³-hybridized carbons (Fsp3) is 0.682. The van der Waals surface area contributed by atoms with Gasteiger partial charge in [0.15, 0.2) is 0 Å². The summed E-state index contributed by atoms with van der Waals surface area (Å²) in [6, 6.07) is 7.63. The number of benzene rings is 1. The maximum atomic E-state index is 11.7. The van der Waals surface area contributed by atoms with Gasteiger partial charge in [-0.1, -0.05) is 32.8 Å². The summed E-state index contributed by atoms with van der Waals surface area (Å²) in [6.07, 6.45) is 4.05. The molecule has 0 aliphatic rings. The molecule has 0 aliphatic carbocycles. The van der Waals surface area contributed by atoms with Crippen molar-refractivity contribution in [1.29, 1.82) is 0 Å². The summed E-state index contributed by atoms with van der Waals surface area (Å²) in [5.41, 5.74) is -0.319. The highest BCUT2D eigenvalue weighted by molar-refractivity contribution is 5.68. The van der Waals surface area contributed by atoms with Gasteiger partial charge in [-0.05, 0) is 58.6 Å². The smallest absolute Gasteiger partial charge is 0.407 e. The maximum Gasteiger partial charge on any atom is 0.407 e. The summed E-state index contributed by atoms with van der Waals surface area (Å²) in [6.45, 7) is 12.9. The van der Waals surface area contributed by atoms with Crippen molar-refractivity contribution in [3.05, 3.63) is 24.3 Å². The van der Waals surface area contributed by atoms with Gasteiger partial charge in [-0.15, -0.1) is 0 Å². The second-order valence-corrected chi connectivity index (χ2v) is 8.13. The first-order chi connectivity index (χ1) is 12.7. The second kappa shape index (κ2) is 11.7. The van der Waals surface area contributed by atoms with Crippen molar-refractivity contribution in [2.24, 2.45) is 5.92 Å². The van der Waals surface area contributed by atoms with E-state index in [1.165, 1.54) is 25.7 Å². The Morgan fingerprint density at radius 2 is 1.70 bits per heavy atom. The lowest BCUT2D eigenvalue weighted by atomic mass is 9.99. The van der Waals surface area contributed by atoms with Crippen molar-refractivity contribution in [2.45, 2.75) is 78.9 Å². The Hall–Kier alpha value is -1.91. The molecule has 0 radical (unpaired) electrons. The van der Waals surface area contributed by atoms with E-state index < -0.39 is 6.09 Å². The minimum Gasteiger partial charge on any atom is -0.493 e. The lowest BCUT2D eigenvalue weighted by Gasteiger charge is -2.21. The van der Waals surface area contributed by atoms with Crippen LogP contribution < -0.4 is 14.8 Å². The van der Waals surface area contributed by atoms with Crippen LogP contribution >= 0.6 is 0 Å². The zero-order valence-corrected chi connectivity index (χ0v) is 17.8. The van der Waals surface area contributed by atoms with E-state index in [9.17, 15) is 4.79 Å². The lowest BCUT2D eigenvalue weighted by molar-refractivity contribution is 0.0856. The first-order valence-electron chi connectivity index (χ1n) is 10.1. The van der Waals surface area contributed by atoms with Crippen LogP contribution in [0.4, 0.5) is 4.79 Å². The molecule has 1 aromatic rings. The highest BCUT2D eigenvalue weighted by Gasteiger charge is 2.16. The molecule has 1 rings (SSSR count). The summed E-state index contributed by atoms with van der Waals surface area (Å²) < 4.78 is 17.0. The molecule has 0 unspecified atom stereocenters. The molecule has 1 amide bonds. The quantitative estimate of drug-likeness (QED) is 0.546. The van der Waals surface area contributed by atoms with Gasteiger partial charge in [-0.2, -0.15) is 0 Å². The van der Waals surface area contributed by atoms with Crippen molar-refractivity contribution in [3.8, 4) is 11.5 Å². The fourth-order valence-corrected chi connectivity index (χ4v) is 2.78. The highest BCUT2D eigenvalue weighted by atomic mass is 16.6. The minimum atomic E-state index is -0.437. The van der Waals surface area contributed by atoms with E-state index in [0.29, 0.717) is 11.7 Å². The lowest BCUT2D eigenvalue weighted by Crippen LogP contribution is -2.41. The molecule has 0 aromatic heterocycles. The number of carbonyl (C=O) groups excluding carboxylic acids is 1. The monoisotopic (exact) mass is 379 g/mol. The molecule has 0 fully saturated rings. The fourth-order valence-electron chi connectivity index (χ4n) is 2.78. The van der Waals surface area contributed by atoms with Gasteiger partial charge in [0, 0.05) is 11.6 Å². The third-order valence-corrected chi connectivity index (χ3v) is 3.95. The van der Waals surface area contributed by atoms with Crippen LogP contribution in [0.2, 0.25) is 0 Å². The number of hydrogen-bond acceptors (Lipinski definition) is 4. The van der Waals surface area contributed by atoms with Gasteiger partial charge in [0.25, 0.3) is 0 Å². The molecule has 1 N–H and O–H groups in total. The normalized spacial score (nSPS) is 12.6. The number of alkyl carbamates (subject to hydrolysis) is 1. The maximum absolute atomic E-state index is 11.7. The third kappa shape index (κ3) is 10.7. The van der Waals surface area contributed by atoms with Gasteiger partial charge in [-0.25, -0.2) is 4.79 Å². The SMILES string of the molecule is CCCC(CCC)COc1cccc(O[C@@H](C)COC(=O)NC(C)(C)C)c1. The van der Waals surface area contributed by atoms with E-state index >= 15 is 0 Å². The van der Waals surface area contributed by atoms with Crippen LogP contribution in [0.15, 0.2) is 24.3 Å². The Morgan fingerprint density at radius 3 is 2.30 bits per heavy atom. The van der Waals surface area contributed by atoms with E-state index in [0.717, 1.165) is 12.4 Å². The Morgan fingerprint density at radius 1 is 1.07 bits per heavy atom. The van der Waals surface area contributed by atoms with Crippen LogP contribution in [-0.2, 0) is 4.74 Å². The van der Waals surface area contributed by atoms with Crippen molar-refractivity contribution < 1.29 is 19.0 Å². The molecule has 0 saturated carbocycles. The van der Waals surface area contributed by atoms with Crippen LogP contribution in [0, 0.1) is 5.92 Å². The number of ether oxygens (including phenoxy) is 3. The van der Waals surface area contributed by atoms with Crippen molar-refractivity contribution in [1.82, 2.24) is 5.32 Å².